The second-order valence-electron chi connectivity index (χ2n) is 8.12. The Bertz CT molecular complexity index is 680. The molecular formula is C22H30O2. The van der Waals surface area contributed by atoms with Crippen molar-refractivity contribution in [3.8, 4) is 0 Å². The van der Waals surface area contributed by atoms with E-state index < -0.39 is 0 Å². The van der Waals surface area contributed by atoms with Gasteiger partial charge in [0.1, 0.15) is 0 Å². The Morgan fingerprint density at radius 3 is 2.46 bits per heavy atom. The van der Waals surface area contributed by atoms with Gasteiger partial charge in [-0.25, -0.2) is 0 Å². The van der Waals surface area contributed by atoms with Gasteiger partial charge in [0.05, 0.1) is 13.2 Å². The summed E-state index contributed by atoms with van der Waals surface area (Å²) in [7, 11) is 0. The van der Waals surface area contributed by atoms with Crippen LogP contribution in [-0.2, 0) is 9.47 Å². The van der Waals surface area contributed by atoms with Gasteiger partial charge in [0.2, 0.25) is 0 Å². The third kappa shape index (κ3) is 2.64. The summed E-state index contributed by atoms with van der Waals surface area (Å²) in [6.07, 6.45) is 8.41. The standard InChI is InChI=1S/C22H30O2/c1-14-11-21(17(4)16(3)15(14)2)19-5-6-20-13-22(23-9-10-24-22)8-7-18(20)12-19/h11-12,18,20H,5-10,13H2,1-4H3. The Morgan fingerprint density at radius 2 is 1.71 bits per heavy atom. The molecule has 3 aliphatic rings. The lowest BCUT2D eigenvalue weighted by atomic mass is 9.69. The molecule has 1 aromatic carbocycles. The highest BCUT2D eigenvalue weighted by Gasteiger charge is 2.45. The van der Waals surface area contributed by atoms with Crippen molar-refractivity contribution >= 4 is 5.57 Å². The number of allylic oxidation sites excluding steroid dienone is 2. The van der Waals surface area contributed by atoms with E-state index in [-0.39, 0.29) is 5.79 Å². The summed E-state index contributed by atoms with van der Waals surface area (Å²) in [6.45, 7) is 10.6. The van der Waals surface area contributed by atoms with Crippen LogP contribution >= 0.6 is 0 Å². The van der Waals surface area contributed by atoms with Crippen molar-refractivity contribution in [1.29, 1.82) is 0 Å². The van der Waals surface area contributed by atoms with Gasteiger partial charge in [-0.1, -0.05) is 12.1 Å². The highest BCUT2D eigenvalue weighted by molar-refractivity contribution is 5.71. The SMILES string of the molecule is Cc1cc(C2=CC3CCC4(CC3CC2)OCCO4)c(C)c(C)c1C. The van der Waals surface area contributed by atoms with E-state index in [0.29, 0.717) is 5.92 Å². The maximum absolute atomic E-state index is 5.96. The van der Waals surface area contributed by atoms with Crippen LogP contribution in [0.4, 0.5) is 0 Å². The first-order chi connectivity index (χ1) is 11.5. The maximum Gasteiger partial charge on any atom is 0.168 e. The molecule has 1 aliphatic heterocycles. The van der Waals surface area contributed by atoms with Crippen LogP contribution < -0.4 is 0 Å². The van der Waals surface area contributed by atoms with Crippen molar-refractivity contribution in [1.82, 2.24) is 0 Å². The fourth-order valence-corrected chi connectivity index (χ4v) is 5.02. The third-order valence-electron chi connectivity index (χ3n) is 6.88. The number of aryl methyl sites for hydroxylation is 1. The summed E-state index contributed by atoms with van der Waals surface area (Å²) < 4.78 is 11.9. The van der Waals surface area contributed by atoms with Gasteiger partial charge in [0.25, 0.3) is 0 Å². The van der Waals surface area contributed by atoms with Crippen LogP contribution in [0, 0.1) is 39.5 Å². The summed E-state index contributed by atoms with van der Waals surface area (Å²) in [5.74, 6) is 1.20. The van der Waals surface area contributed by atoms with Gasteiger partial charge >= 0.3 is 0 Å². The van der Waals surface area contributed by atoms with Gasteiger partial charge in [-0.05, 0) is 92.2 Å². The minimum Gasteiger partial charge on any atom is -0.348 e. The number of benzene rings is 1. The molecule has 0 amide bonds. The van der Waals surface area contributed by atoms with Gasteiger partial charge in [-0.15, -0.1) is 0 Å². The van der Waals surface area contributed by atoms with Gasteiger partial charge in [-0.2, -0.15) is 0 Å². The minimum atomic E-state index is -0.237. The zero-order valence-electron chi connectivity index (χ0n) is 15.6. The molecule has 2 unspecified atom stereocenters. The van der Waals surface area contributed by atoms with Crippen molar-refractivity contribution < 1.29 is 9.47 Å². The topological polar surface area (TPSA) is 18.5 Å². The molecule has 2 aliphatic carbocycles. The fraction of sp³-hybridized carbons (Fsp3) is 0.636. The van der Waals surface area contributed by atoms with Gasteiger partial charge < -0.3 is 9.47 Å². The van der Waals surface area contributed by atoms with E-state index in [9.17, 15) is 0 Å². The quantitative estimate of drug-likeness (QED) is 0.701. The van der Waals surface area contributed by atoms with Crippen LogP contribution in [-0.4, -0.2) is 19.0 Å². The number of hydrogen-bond acceptors (Lipinski definition) is 2. The van der Waals surface area contributed by atoms with E-state index in [2.05, 4.69) is 39.8 Å². The van der Waals surface area contributed by atoms with Crippen molar-refractivity contribution in [2.45, 2.75) is 65.6 Å². The molecule has 2 heteroatoms. The lowest BCUT2D eigenvalue weighted by molar-refractivity contribution is -0.192. The Labute approximate surface area is 146 Å². The maximum atomic E-state index is 5.96. The summed E-state index contributed by atoms with van der Waals surface area (Å²) in [6, 6.07) is 2.41. The molecule has 0 radical (unpaired) electrons. The molecule has 0 bridgehead atoms. The predicted molar refractivity (Wildman–Crippen MR) is 98.1 cm³/mol. The fourth-order valence-electron chi connectivity index (χ4n) is 5.02. The highest BCUT2D eigenvalue weighted by Crippen LogP contribution is 2.48. The zero-order valence-corrected chi connectivity index (χ0v) is 15.6. The molecule has 1 aromatic rings. The van der Waals surface area contributed by atoms with Crippen LogP contribution in [0.1, 0.15) is 59.9 Å². The number of hydrogen-bond donors (Lipinski definition) is 0. The molecule has 0 N–H and O–H groups in total. The Morgan fingerprint density at radius 1 is 0.958 bits per heavy atom. The molecule has 1 saturated heterocycles. The molecule has 1 saturated carbocycles. The molecule has 1 heterocycles. The van der Waals surface area contributed by atoms with E-state index in [1.807, 2.05) is 0 Å². The van der Waals surface area contributed by atoms with E-state index in [4.69, 9.17) is 9.47 Å². The lowest BCUT2D eigenvalue weighted by Gasteiger charge is -2.42. The van der Waals surface area contributed by atoms with Crippen LogP contribution in [0.5, 0.6) is 0 Å². The average Bonchev–Trinajstić information content (AvgIpc) is 3.04. The van der Waals surface area contributed by atoms with Crippen LogP contribution in [0.15, 0.2) is 12.1 Å². The van der Waals surface area contributed by atoms with Gasteiger partial charge in [0, 0.05) is 12.8 Å². The Balaban J connectivity index is 1.61. The third-order valence-corrected chi connectivity index (χ3v) is 6.88. The van der Waals surface area contributed by atoms with Gasteiger partial charge in [-0.3, -0.25) is 0 Å². The zero-order chi connectivity index (χ0) is 16.9. The molecule has 24 heavy (non-hydrogen) atoms. The molecular weight excluding hydrogens is 296 g/mol. The summed E-state index contributed by atoms with van der Waals surface area (Å²) in [5.41, 5.74) is 8.86. The number of rotatable bonds is 1. The first-order valence-corrected chi connectivity index (χ1v) is 9.55. The van der Waals surface area contributed by atoms with E-state index >= 15 is 0 Å². The molecule has 2 atom stereocenters. The smallest absolute Gasteiger partial charge is 0.168 e. The second kappa shape index (κ2) is 6.00. The highest BCUT2D eigenvalue weighted by atomic mass is 16.7. The first-order valence-electron chi connectivity index (χ1n) is 9.55. The van der Waals surface area contributed by atoms with Gasteiger partial charge in [0.15, 0.2) is 5.79 Å². The van der Waals surface area contributed by atoms with E-state index in [1.54, 1.807) is 5.57 Å². The average molecular weight is 326 g/mol. The largest absolute Gasteiger partial charge is 0.348 e. The van der Waals surface area contributed by atoms with Crippen molar-refractivity contribution in [3.05, 3.63) is 40.0 Å². The van der Waals surface area contributed by atoms with E-state index in [0.717, 1.165) is 32.0 Å². The molecule has 130 valence electrons. The molecule has 2 fully saturated rings. The van der Waals surface area contributed by atoms with Crippen molar-refractivity contribution in [2.24, 2.45) is 11.8 Å². The first kappa shape index (κ1) is 16.4. The monoisotopic (exact) mass is 326 g/mol. The minimum absolute atomic E-state index is 0.237. The van der Waals surface area contributed by atoms with Crippen molar-refractivity contribution in [2.75, 3.05) is 13.2 Å². The summed E-state index contributed by atoms with van der Waals surface area (Å²) >= 11 is 0. The number of ether oxygens (including phenoxy) is 2. The van der Waals surface area contributed by atoms with Crippen LogP contribution in [0.25, 0.3) is 5.57 Å². The normalized spacial score (nSPS) is 28.8. The molecule has 0 aromatic heterocycles. The molecule has 4 rings (SSSR count). The Kier molecular flexibility index (Phi) is 4.09. The van der Waals surface area contributed by atoms with Crippen LogP contribution in [0.3, 0.4) is 0 Å². The van der Waals surface area contributed by atoms with Crippen LogP contribution in [0.2, 0.25) is 0 Å². The Hall–Kier alpha value is -1.12. The molecule has 2 nitrogen and oxygen atoms in total. The predicted octanol–water partition coefficient (Wildman–Crippen LogP) is 5.26. The molecule has 1 spiro atoms. The number of fused-ring (bicyclic) bond motifs is 1. The summed E-state index contributed by atoms with van der Waals surface area (Å²) in [5, 5.41) is 0. The lowest BCUT2D eigenvalue weighted by Crippen LogP contribution is -2.40. The second-order valence-corrected chi connectivity index (χ2v) is 8.12. The summed E-state index contributed by atoms with van der Waals surface area (Å²) in [4.78, 5) is 0. The van der Waals surface area contributed by atoms with E-state index in [1.165, 1.54) is 47.1 Å². The van der Waals surface area contributed by atoms with Crippen molar-refractivity contribution in [3.63, 3.8) is 0 Å².